The van der Waals surface area contributed by atoms with Gasteiger partial charge in [-0.25, -0.2) is 0 Å². The maximum atomic E-state index is 12.4. The largest absolute Gasteiger partial charge is 0.350 e. The van der Waals surface area contributed by atoms with E-state index in [0.717, 1.165) is 12.8 Å². The number of hydrogen-bond acceptors (Lipinski definition) is 2. The molecule has 0 radical (unpaired) electrons. The maximum absolute atomic E-state index is 12.4. The SMILES string of the molecule is CN(C)C1(CNC(=O)c2cccc(Cl)c2Cl)CCCCC1. The highest BCUT2D eigenvalue weighted by Crippen LogP contribution is 2.32. The number of halogens is 2. The summed E-state index contributed by atoms with van der Waals surface area (Å²) in [5, 5.41) is 3.76. The molecule has 0 heterocycles. The molecule has 0 spiro atoms. The first-order valence-electron chi connectivity index (χ1n) is 7.36. The molecular weight excluding hydrogens is 307 g/mol. The summed E-state index contributed by atoms with van der Waals surface area (Å²) in [4.78, 5) is 14.6. The molecule has 1 saturated carbocycles. The Morgan fingerprint density at radius 1 is 1.24 bits per heavy atom. The van der Waals surface area contributed by atoms with E-state index < -0.39 is 0 Å². The van der Waals surface area contributed by atoms with Gasteiger partial charge in [0.15, 0.2) is 0 Å². The molecule has 0 unspecified atom stereocenters. The normalized spacial score (nSPS) is 17.8. The number of nitrogens with one attached hydrogen (secondary N) is 1. The molecule has 0 aliphatic heterocycles. The Balaban J connectivity index is 2.07. The summed E-state index contributed by atoms with van der Waals surface area (Å²) >= 11 is 12.1. The van der Waals surface area contributed by atoms with Crippen molar-refractivity contribution in [3.63, 3.8) is 0 Å². The van der Waals surface area contributed by atoms with Crippen molar-refractivity contribution in [3.8, 4) is 0 Å². The van der Waals surface area contributed by atoms with Gasteiger partial charge >= 0.3 is 0 Å². The Morgan fingerprint density at radius 3 is 2.52 bits per heavy atom. The molecule has 0 saturated heterocycles. The van der Waals surface area contributed by atoms with Crippen LogP contribution >= 0.6 is 23.2 Å². The molecule has 0 bridgehead atoms. The van der Waals surface area contributed by atoms with Crippen LogP contribution in [0.4, 0.5) is 0 Å². The average Bonchev–Trinajstić information content (AvgIpc) is 2.48. The quantitative estimate of drug-likeness (QED) is 0.906. The first kappa shape index (κ1) is 16.6. The van der Waals surface area contributed by atoms with Crippen LogP contribution < -0.4 is 5.32 Å². The predicted molar refractivity (Wildman–Crippen MR) is 88.3 cm³/mol. The van der Waals surface area contributed by atoms with Gasteiger partial charge in [-0.2, -0.15) is 0 Å². The Labute approximate surface area is 136 Å². The first-order valence-corrected chi connectivity index (χ1v) is 8.11. The summed E-state index contributed by atoms with van der Waals surface area (Å²) in [6.45, 7) is 0.641. The topological polar surface area (TPSA) is 32.3 Å². The number of hydrogen-bond donors (Lipinski definition) is 1. The van der Waals surface area contributed by atoms with E-state index in [1.54, 1.807) is 18.2 Å². The van der Waals surface area contributed by atoms with Gasteiger partial charge in [0.25, 0.3) is 5.91 Å². The fourth-order valence-electron chi connectivity index (χ4n) is 3.01. The molecule has 21 heavy (non-hydrogen) atoms. The van der Waals surface area contributed by atoms with Gasteiger partial charge in [-0.3, -0.25) is 4.79 Å². The number of rotatable bonds is 4. The van der Waals surface area contributed by atoms with Crippen molar-refractivity contribution in [1.29, 1.82) is 0 Å². The minimum atomic E-state index is -0.158. The minimum absolute atomic E-state index is 0.0545. The number of carbonyl (C=O) groups excluding carboxylic acids is 1. The van der Waals surface area contributed by atoms with E-state index >= 15 is 0 Å². The van der Waals surface area contributed by atoms with Crippen LogP contribution in [0.25, 0.3) is 0 Å². The molecule has 1 aromatic rings. The molecule has 1 fully saturated rings. The van der Waals surface area contributed by atoms with Gasteiger partial charge in [0, 0.05) is 12.1 Å². The second-order valence-corrected chi connectivity index (χ2v) is 6.75. The number of benzene rings is 1. The van der Waals surface area contributed by atoms with Gasteiger partial charge in [0.1, 0.15) is 0 Å². The van der Waals surface area contributed by atoms with Crippen LogP contribution in [0.15, 0.2) is 18.2 Å². The van der Waals surface area contributed by atoms with Crippen molar-refractivity contribution < 1.29 is 4.79 Å². The smallest absolute Gasteiger partial charge is 0.252 e. The predicted octanol–water partition coefficient (Wildman–Crippen LogP) is 3.99. The molecule has 2 rings (SSSR count). The molecule has 1 aromatic carbocycles. The number of amides is 1. The number of carbonyl (C=O) groups is 1. The lowest BCUT2D eigenvalue weighted by Crippen LogP contribution is -2.53. The lowest BCUT2D eigenvalue weighted by molar-refractivity contribution is 0.0800. The van der Waals surface area contributed by atoms with Gasteiger partial charge in [-0.05, 0) is 39.1 Å². The van der Waals surface area contributed by atoms with Crippen LogP contribution in [0, 0.1) is 0 Å². The van der Waals surface area contributed by atoms with Crippen LogP contribution in [-0.2, 0) is 0 Å². The maximum Gasteiger partial charge on any atom is 0.252 e. The molecule has 1 amide bonds. The van der Waals surface area contributed by atoms with E-state index in [2.05, 4.69) is 24.3 Å². The third kappa shape index (κ3) is 3.71. The molecule has 3 nitrogen and oxygen atoms in total. The molecular formula is C16H22Cl2N2O. The lowest BCUT2D eigenvalue weighted by Gasteiger charge is -2.43. The van der Waals surface area contributed by atoms with Gasteiger partial charge in [0.05, 0.1) is 15.6 Å². The second-order valence-electron chi connectivity index (χ2n) is 5.96. The summed E-state index contributed by atoms with van der Waals surface area (Å²) in [6, 6.07) is 5.13. The molecule has 0 atom stereocenters. The zero-order valence-electron chi connectivity index (χ0n) is 12.6. The average molecular weight is 329 g/mol. The monoisotopic (exact) mass is 328 g/mol. The first-order chi connectivity index (χ1) is 9.96. The third-order valence-electron chi connectivity index (χ3n) is 4.51. The second kappa shape index (κ2) is 6.99. The fourth-order valence-corrected chi connectivity index (χ4v) is 3.40. The third-order valence-corrected chi connectivity index (χ3v) is 5.33. The van der Waals surface area contributed by atoms with Crippen molar-refractivity contribution in [2.24, 2.45) is 0 Å². The highest BCUT2D eigenvalue weighted by molar-refractivity contribution is 6.43. The molecule has 1 aliphatic carbocycles. The van der Waals surface area contributed by atoms with Crippen molar-refractivity contribution in [2.45, 2.75) is 37.6 Å². The van der Waals surface area contributed by atoms with Crippen molar-refractivity contribution in [3.05, 3.63) is 33.8 Å². The Hall–Kier alpha value is -0.770. The number of likely N-dealkylation sites (N-methyl/N-ethyl adjacent to an activating group) is 1. The summed E-state index contributed by atoms with van der Waals surface area (Å²) in [7, 11) is 4.17. The van der Waals surface area contributed by atoms with Crippen LogP contribution in [-0.4, -0.2) is 37.0 Å². The molecule has 1 N–H and O–H groups in total. The molecule has 116 valence electrons. The van der Waals surface area contributed by atoms with E-state index in [4.69, 9.17) is 23.2 Å². The standard InChI is InChI=1S/C16H22Cl2N2O/c1-20(2)16(9-4-3-5-10-16)11-19-15(21)12-7-6-8-13(17)14(12)18/h6-8H,3-5,9-11H2,1-2H3,(H,19,21). The summed E-state index contributed by atoms with van der Waals surface area (Å²) < 4.78 is 0. The van der Waals surface area contributed by atoms with Crippen molar-refractivity contribution in [2.75, 3.05) is 20.6 Å². The summed E-state index contributed by atoms with van der Waals surface area (Å²) in [6.07, 6.45) is 5.94. The Bertz CT molecular complexity index is 511. The van der Waals surface area contributed by atoms with Crippen LogP contribution in [0.5, 0.6) is 0 Å². The fraction of sp³-hybridized carbons (Fsp3) is 0.562. The van der Waals surface area contributed by atoms with Gasteiger partial charge < -0.3 is 10.2 Å². The highest BCUT2D eigenvalue weighted by Gasteiger charge is 2.34. The van der Waals surface area contributed by atoms with Crippen LogP contribution in [0.3, 0.4) is 0 Å². The van der Waals surface area contributed by atoms with E-state index in [0.29, 0.717) is 22.2 Å². The van der Waals surface area contributed by atoms with Crippen molar-refractivity contribution in [1.82, 2.24) is 10.2 Å². The zero-order chi connectivity index (χ0) is 15.5. The lowest BCUT2D eigenvalue weighted by atomic mass is 9.80. The van der Waals surface area contributed by atoms with E-state index in [-0.39, 0.29) is 11.4 Å². The highest BCUT2D eigenvalue weighted by atomic mass is 35.5. The van der Waals surface area contributed by atoms with Crippen LogP contribution in [0.2, 0.25) is 10.0 Å². The van der Waals surface area contributed by atoms with Crippen LogP contribution in [0.1, 0.15) is 42.5 Å². The number of nitrogens with zero attached hydrogens (tertiary/aromatic N) is 1. The Morgan fingerprint density at radius 2 is 1.90 bits per heavy atom. The minimum Gasteiger partial charge on any atom is -0.350 e. The summed E-state index contributed by atoms with van der Waals surface area (Å²) in [5.74, 6) is -0.158. The van der Waals surface area contributed by atoms with Gasteiger partial charge in [-0.1, -0.05) is 48.5 Å². The molecule has 0 aromatic heterocycles. The summed E-state index contributed by atoms with van der Waals surface area (Å²) in [5.41, 5.74) is 0.493. The molecule has 5 heteroatoms. The van der Waals surface area contributed by atoms with E-state index in [1.165, 1.54) is 19.3 Å². The zero-order valence-corrected chi connectivity index (χ0v) is 14.1. The van der Waals surface area contributed by atoms with Gasteiger partial charge in [-0.15, -0.1) is 0 Å². The molecule has 1 aliphatic rings. The van der Waals surface area contributed by atoms with E-state index in [9.17, 15) is 4.79 Å². The van der Waals surface area contributed by atoms with E-state index in [1.807, 2.05) is 0 Å². The van der Waals surface area contributed by atoms with Crippen molar-refractivity contribution >= 4 is 29.1 Å². The Kier molecular flexibility index (Phi) is 5.53. The van der Waals surface area contributed by atoms with Gasteiger partial charge in [0.2, 0.25) is 0 Å².